The van der Waals surface area contributed by atoms with Gasteiger partial charge in [0.05, 0.1) is 6.42 Å². The van der Waals surface area contributed by atoms with Gasteiger partial charge in [-0.2, -0.15) is 11.8 Å². The summed E-state index contributed by atoms with van der Waals surface area (Å²) in [6, 6.07) is 5.68. The zero-order valence-corrected chi connectivity index (χ0v) is 12.9. The minimum atomic E-state index is -0.00762. The van der Waals surface area contributed by atoms with Gasteiger partial charge in [0.25, 0.3) is 5.91 Å². The Morgan fingerprint density at radius 1 is 1.50 bits per heavy atom. The third-order valence-electron chi connectivity index (χ3n) is 3.68. The van der Waals surface area contributed by atoms with Crippen LogP contribution in [0.3, 0.4) is 0 Å². The number of rotatable bonds is 5. The smallest absolute Gasteiger partial charge is 0.253 e. The maximum atomic E-state index is 12.5. The summed E-state index contributed by atoms with van der Waals surface area (Å²) in [6.07, 6.45) is 3.35. The molecule has 0 saturated heterocycles. The first-order chi connectivity index (χ1) is 9.56. The van der Waals surface area contributed by atoms with Crippen molar-refractivity contribution in [1.82, 2.24) is 4.90 Å². The van der Waals surface area contributed by atoms with Crippen LogP contribution in [0.15, 0.2) is 18.2 Å². The van der Waals surface area contributed by atoms with Crippen LogP contribution in [0.4, 0.5) is 5.69 Å². The first-order valence-electron chi connectivity index (χ1n) is 6.75. The molecule has 2 rings (SSSR count). The van der Waals surface area contributed by atoms with E-state index in [9.17, 15) is 9.59 Å². The van der Waals surface area contributed by atoms with Gasteiger partial charge in [0, 0.05) is 30.1 Å². The van der Waals surface area contributed by atoms with E-state index < -0.39 is 0 Å². The predicted molar refractivity (Wildman–Crippen MR) is 83.3 cm³/mol. The summed E-state index contributed by atoms with van der Waals surface area (Å²) in [5, 5.41) is 2.78. The van der Waals surface area contributed by atoms with E-state index in [2.05, 4.69) is 12.2 Å². The number of anilines is 1. The highest BCUT2D eigenvalue weighted by molar-refractivity contribution is 7.98. The van der Waals surface area contributed by atoms with Crippen molar-refractivity contribution in [1.29, 1.82) is 0 Å². The van der Waals surface area contributed by atoms with Gasteiger partial charge in [0.1, 0.15) is 0 Å². The SMILES string of the molecule is CCC(CSC)N(C)C(=O)c1ccc2c(c1)CC(=O)N2. The highest BCUT2D eigenvalue weighted by Crippen LogP contribution is 2.24. The Morgan fingerprint density at radius 3 is 2.90 bits per heavy atom. The second-order valence-electron chi connectivity index (χ2n) is 5.03. The zero-order chi connectivity index (χ0) is 14.7. The fraction of sp³-hybridized carbons (Fsp3) is 0.467. The lowest BCUT2D eigenvalue weighted by Gasteiger charge is -2.27. The summed E-state index contributed by atoms with van der Waals surface area (Å²) in [5.41, 5.74) is 2.39. The molecule has 0 spiro atoms. The van der Waals surface area contributed by atoms with Gasteiger partial charge >= 0.3 is 0 Å². The molecule has 108 valence electrons. The van der Waals surface area contributed by atoms with E-state index in [-0.39, 0.29) is 17.9 Å². The molecule has 0 saturated carbocycles. The van der Waals surface area contributed by atoms with Gasteiger partial charge in [-0.3, -0.25) is 9.59 Å². The molecule has 1 aliphatic heterocycles. The highest BCUT2D eigenvalue weighted by Gasteiger charge is 2.23. The van der Waals surface area contributed by atoms with Crippen molar-refractivity contribution >= 4 is 29.3 Å². The van der Waals surface area contributed by atoms with Crippen molar-refractivity contribution in [3.05, 3.63) is 29.3 Å². The first kappa shape index (κ1) is 14.9. The van der Waals surface area contributed by atoms with Gasteiger partial charge in [0.15, 0.2) is 0 Å². The molecule has 0 aromatic heterocycles. The highest BCUT2D eigenvalue weighted by atomic mass is 32.2. The second-order valence-corrected chi connectivity index (χ2v) is 5.94. The van der Waals surface area contributed by atoms with Crippen LogP contribution in [0.2, 0.25) is 0 Å². The lowest BCUT2D eigenvalue weighted by molar-refractivity contribution is -0.115. The lowest BCUT2D eigenvalue weighted by Crippen LogP contribution is -2.38. The van der Waals surface area contributed by atoms with Gasteiger partial charge in [-0.25, -0.2) is 0 Å². The fourth-order valence-corrected chi connectivity index (χ4v) is 3.27. The number of fused-ring (bicyclic) bond motifs is 1. The summed E-state index contributed by atoms with van der Waals surface area (Å²) in [6.45, 7) is 2.09. The molecule has 1 aromatic carbocycles. The lowest BCUT2D eigenvalue weighted by atomic mass is 10.1. The van der Waals surface area contributed by atoms with E-state index in [4.69, 9.17) is 0 Å². The Morgan fingerprint density at radius 2 is 2.25 bits per heavy atom. The topological polar surface area (TPSA) is 49.4 Å². The van der Waals surface area contributed by atoms with Gasteiger partial charge in [-0.1, -0.05) is 6.92 Å². The molecule has 20 heavy (non-hydrogen) atoms. The number of benzene rings is 1. The van der Waals surface area contributed by atoms with Gasteiger partial charge < -0.3 is 10.2 Å². The van der Waals surface area contributed by atoms with Gasteiger partial charge in [-0.15, -0.1) is 0 Å². The third-order valence-corrected chi connectivity index (χ3v) is 4.39. The Kier molecular flexibility index (Phi) is 4.70. The molecule has 2 amide bonds. The average molecular weight is 292 g/mol. The molecular formula is C15H20N2O2S. The van der Waals surface area contributed by atoms with E-state index in [0.717, 1.165) is 23.4 Å². The third kappa shape index (κ3) is 2.98. The molecule has 1 N–H and O–H groups in total. The minimum Gasteiger partial charge on any atom is -0.338 e. The van der Waals surface area contributed by atoms with Crippen LogP contribution >= 0.6 is 11.8 Å². The maximum absolute atomic E-state index is 12.5. The van der Waals surface area contributed by atoms with Crippen LogP contribution < -0.4 is 5.32 Å². The molecule has 1 aliphatic rings. The first-order valence-corrected chi connectivity index (χ1v) is 8.15. The normalized spacial score (nSPS) is 14.7. The molecule has 1 atom stereocenters. The number of carbonyl (C=O) groups excluding carboxylic acids is 2. The predicted octanol–water partition coefficient (Wildman–Crippen LogP) is 2.39. The largest absolute Gasteiger partial charge is 0.338 e. The second kappa shape index (κ2) is 6.31. The standard InChI is InChI=1S/C15H20N2O2S/c1-4-12(9-20-3)17(2)15(19)10-5-6-13-11(7-10)8-14(18)16-13/h5-7,12H,4,8-9H2,1-3H3,(H,16,18). The quantitative estimate of drug-likeness (QED) is 0.906. The van der Waals surface area contributed by atoms with Crippen molar-refractivity contribution < 1.29 is 9.59 Å². The summed E-state index contributed by atoms with van der Waals surface area (Å²) < 4.78 is 0. The van der Waals surface area contributed by atoms with Crippen molar-refractivity contribution in [3.8, 4) is 0 Å². The zero-order valence-electron chi connectivity index (χ0n) is 12.1. The molecule has 0 fully saturated rings. The van der Waals surface area contributed by atoms with Crippen LogP contribution in [-0.4, -0.2) is 41.8 Å². The van der Waals surface area contributed by atoms with Gasteiger partial charge in [-0.05, 0) is 36.4 Å². The van der Waals surface area contributed by atoms with E-state index in [0.29, 0.717) is 12.0 Å². The van der Waals surface area contributed by atoms with E-state index in [1.54, 1.807) is 17.8 Å². The molecule has 1 unspecified atom stereocenters. The molecule has 0 radical (unpaired) electrons. The monoisotopic (exact) mass is 292 g/mol. The number of thioether (sulfide) groups is 1. The van der Waals surface area contributed by atoms with Crippen LogP contribution in [-0.2, 0) is 11.2 Å². The number of hydrogen-bond donors (Lipinski definition) is 1. The Hall–Kier alpha value is -1.49. The van der Waals surface area contributed by atoms with E-state index in [1.165, 1.54) is 0 Å². The number of nitrogens with one attached hydrogen (secondary N) is 1. The summed E-state index contributed by atoms with van der Waals surface area (Å²) in [7, 11) is 1.85. The van der Waals surface area contributed by atoms with Crippen molar-refractivity contribution in [3.63, 3.8) is 0 Å². The van der Waals surface area contributed by atoms with Gasteiger partial charge in [0.2, 0.25) is 5.91 Å². The molecular weight excluding hydrogens is 272 g/mol. The Labute approximate surface area is 123 Å². The molecule has 0 aliphatic carbocycles. The Balaban J connectivity index is 2.17. The number of carbonyl (C=O) groups is 2. The van der Waals surface area contributed by atoms with Crippen molar-refractivity contribution in [2.45, 2.75) is 25.8 Å². The van der Waals surface area contributed by atoms with Crippen molar-refractivity contribution in [2.75, 3.05) is 24.4 Å². The number of nitrogens with zero attached hydrogens (tertiary/aromatic N) is 1. The molecule has 4 nitrogen and oxygen atoms in total. The van der Waals surface area contributed by atoms with Crippen LogP contribution in [0.25, 0.3) is 0 Å². The molecule has 0 bridgehead atoms. The molecule has 1 heterocycles. The van der Waals surface area contributed by atoms with Crippen LogP contribution in [0, 0.1) is 0 Å². The van der Waals surface area contributed by atoms with Crippen molar-refractivity contribution in [2.24, 2.45) is 0 Å². The van der Waals surface area contributed by atoms with Crippen LogP contribution in [0.5, 0.6) is 0 Å². The average Bonchev–Trinajstić information content (AvgIpc) is 2.82. The number of hydrogen-bond acceptors (Lipinski definition) is 3. The Bertz CT molecular complexity index is 531. The molecule has 5 heteroatoms. The maximum Gasteiger partial charge on any atom is 0.253 e. The van der Waals surface area contributed by atoms with Crippen LogP contribution in [0.1, 0.15) is 29.3 Å². The minimum absolute atomic E-state index is 0.00762. The number of amides is 2. The fourth-order valence-electron chi connectivity index (χ4n) is 2.43. The summed E-state index contributed by atoms with van der Waals surface area (Å²) in [4.78, 5) is 25.7. The summed E-state index contributed by atoms with van der Waals surface area (Å²) in [5.74, 6) is 0.948. The van der Waals surface area contributed by atoms with E-state index in [1.807, 2.05) is 30.3 Å². The summed E-state index contributed by atoms with van der Waals surface area (Å²) >= 11 is 1.75. The van der Waals surface area contributed by atoms with E-state index >= 15 is 0 Å². The molecule has 1 aromatic rings.